The van der Waals surface area contributed by atoms with Gasteiger partial charge in [-0.1, -0.05) is 0 Å². The van der Waals surface area contributed by atoms with Crippen LogP contribution in [0.25, 0.3) is 0 Å². The molecular weight excluding hydrogens is 1120 g/mol. The smallest absolute Gasteiger partial charge is 0.338 e. The van der Waals surface area contributed by atoms with Crippen molar-refractivity contribution in [2.24, 2.45) is 11.5 Å². The Morgan fingerprint density at radius 2 is 0.475 bits per heavy atom. The quantitative estimate of drug-likeness (QED) is 0.0831. The highest BCUT2D eigenvalue weighted by Gasteiger charge is 2.59. The Morgan fingerprint density at radius 1 is 0.287 bits per heavy atom. The van der Waals surface area contributed by atoms with E-state index < -0.39 is 260 Å². The molecule has 21 saturated heterocycles. The molecule has 466 valence electrons. The number of hydrogen-bond donors (Lipinski definition) is 22. The number of halogens is 1. The van der Waals surface area contributed by atoms with Crippen LogP contribution in [0.2, 0.25) is 0 Å². The third-order valence-electron chi connectivity index (χ3n) is 15.1. The lowest BCUT2D eigenvalue weighted by molar-refractivity contribution is -0.490. The van der Waals surface area contributed by atoms with Gasteiger partial charge in [0.05, 0.1) is 45.7 Å². The molecule has 80 heavy (non-hydrogen) atoms. The maximum absolute atomic E-state index is 11.6. The summed E-state index contributed by atoms with van der Waals surface area (Å²) in [6.07, 6.45) is -68.0. The summed E-state index contributed by atoms with van der Waals surface area (Å²) >= 11 is 0. The molecule has 0 radical (unpaired) electrons. The SMILES string of the molecule is C[C@H]1O[C@@H]2O[C@H]3[C@H](O)[C@@H](O)[C@@H](O[C@H]4[C@H](O)[C@@H](O)[C@@H](O[C@H]5[C@H](O)[C@@H](O)[C@@H](O[C@H]6[C@H](O)[C@@H](O)[C@@H](O[C@H]7[C@H](O)[C@H](O)[C@@H](O[C@H]8[C@H](O)[C@H](O)[C@@H](O[C@H]1[C@H](O)[C@H]2O)O[C@@H]8CO)O[C@@H]7CO)O[C@@H]6C[NH+]=C(N)N)O[C@@H]5CO)O[C@@H]4CO)O[C@@H]3CO.[Cl-]. The van der Waals surface area contributed by atoms with E-state index in [2.05, 4.69) is 4.99 Å². The molecule has 14 bridgehead atoms. The fourth-order valence-electron chi connectivity index (χ4n) is 10.6. The minimum absolute atomic E-state index is 0. The molecule has 21 heterocycles. The van der Waals surface area contributed by atoms with Crippen LogP contribution < -0.4 is 28.9 Å². The van der Waals surface area contributed by atoms with E-state index in [4.69, 9.17) is 77.8 Å². The van der Waals surface area contributed by atoms with Crippen molar-refractivity contribution in [3.8, 4) is 0 Å². The summed E-state index contributed by atoms with van der Waals surface area (Å²) in [5, 5.41) is 211. The van der Waals surface area contributed by atoms with Crippen LogP contribution in [0.3, 0.4) is 0 Å². The molecule has 37 heteroatoms. The maximum Gasteiger partial charge on any atom is 0.338 e. The van der Waals surface area contributed by atoms with E-state index in [1.165, 1.54) is 6.92 Å². The molecule has 0 aromatic heterocycles. The highest BCUT2D eigenvalue weighted by Crippen LogP contribution is 2.39. The molecule has 0 aliphatic carbocycles. The molecule has 0 aromatic rings. The average molecular weight is 1200 g/mol. The van der Waals surface area contributed by atoms with Crippen LogP contribution in [0.15, 0.2) is 0 Å². The van der Waals surface area contributed by atoms with Gasteiger partial charge in [0.1, 0.15) is 165 Å². The first kappa shape index (κ1) is 65.8. The molecule has 35 atom stereocenters. The summed E-state index contributed by atoms with van der Waals surface area (Å²) in [6.45, 7) is -4.29. The zero-order valence-electron chi connectivity index (χ0n) is 42.2. The van der Waals surface area contributed by atoms with Crippen LogP contribution in [-0.2, 0) is 66.3 Å². The summed E-state index contributed by atoms with van der Waals surface area (Å²) in [5.74, 6) is -0.408. The van der Waals surface area contributed by atoms with Gasteiger partial charge in [-0.3, -0.25) is 16.5 Å². The van der Waals surface area contributed by atoms with Gasteiger partial charge in [-0.15, -0.1) is 0 Å². The van der Waals surface area contributed by atoms with Crippen LogP contribution in [0.5, 0.6) is 0 Å². The number of rotatable bonds is 7. The molecular formula is C43H74ClN3O33. The van der Waals surface area contributed by atoms with Crippen LogP contribution in [0, 0.1) is 0 Å². The number of aliphatic hydroxyl groups excluding tert-OH is 19. The second kappa shape index (κ2) is 27.7. The van der Waals surface area contributed by atoms with Crippen molar-refractivity contribution in [2.45, 2.75) is 222 Å². The molecule has 36 nitrogen and oxygen atoms in total. The fourth-order valence-corrected chi connectivity index (χ4v) is 10.6. The summed E-state index contributed by atoms with van der Waals surface area (Å²) < 4.78 is 80.7. The van der Waals surface area contributed by atoms with Gasteiger partial charge in [0, 0.05) is 0 Å². The number of aliphatic hydroxyl groups is 19. The maximum atomic E-state index is 11.6. The Bertz CT molecular complexity index is 1960. The summed E-state index contributed by atoms with van der Waals surface area (Å²) in [7, 11) is 0. The largest absolute Gasteiger partial charge is 1.00 e. The highest BCUT2D eigenvalue weighted by molar-refractivity contribution is 5.69. The number of guanidine groups is 1. The Hall–Kier alpha value is -1.76. The van der Waals surface area contributed by atoms with Crippen LogP contribution in [0.4, 0.5) is 0 Å². The Morgan fingerprint density at radius 3 is 0.700 bits per heavy atom. The lowest BCUT2D eigenvalue weighted by Gasteiger charge is -2.50. The number of ether oxygens (including phenoxy) is 14. The molecule has 0 aromatic carbocycles. The lowest BCUT2D eigenvalue weighted by Crippen LogP contribution is -3.00. The first-order valence-corrected chi connectivity index (χ1v) is 25.3. The summed E-state index contributed by atoms with van der Waals surface area (Å²) in [4.78, 5) is 2.52. The van der Waals surface area contributed by atoms with Crippen molar-refractivity contribution >= 4 is 5.96 Å². The normalized spacial score (nSPS) is 53.5. The predicted molar refractivity (Wildman–Crippen MR) is 239 cm³/mol. The van der Waals surface area contributed by atoms with E-state index in [9.17, 15) is 97.0 Å². The van der Waals surface area contributed by atoms with Gasteiger partial charge >= 0.3 is 5.96 Å². The molecule has 21 fully saturated rings. The number of hydrogen-bond acceptors (Lipinski definition) is 33. The van der Waals surface area contributed by atoms with Gasteiger partial charge in [-0.05, 0) is 6.92 Å². The Labute approximate surface area is 458 Å². The van der Waals surface area contributed by atoms with Crippen molar-refractivity contribution in [2.75, 3.05) is 39.6 Å². The van der Waals surface area contributed by atoms with E-state index in [-0.39, 0.29) is 12.4 Å². The van der Waals surface area contributed by atoms with Gasteiger partial charge in [0.2, 0.25) is 0 Å². The van der Waals surface area contributed by atoms with Gasteiger partial charge in [-0.25, -0.2) is 0 Å². The molecule has 24 N–H and O–H groups in total. The van der Waals surface area contributed by atoms with E-state index >= 15 is 0 Å². The van der Waals surface area contributed by atoms with Gasteiger partial charge in [-0.2, -0.15) is 0 Å². The molecule has 0 unspecified atom stereocenters. The van der Waals surface area contributed by atoms with Gasteiger partial charge in [0.25, 0.3) is 0 Å². The predicted octanol–water partition coefficient (Wildman–Crippen LogP) is -19.8. The zero-order valence-corrected chi connectivity index (χ0v) is 43.0. The molecule has 21 rings (SSSR count). The van der Waals surface area contributed by atoms with Crippen molar-refractivity contribution < 1.29 is 181 Å². The van der Waals surface area contributed by atoms with E-state index in [0.717, 1.165) is 0 Å². The Kier molecular flexibility index (Phi) is 22.8. The second-order valence-electron chi connectivity index (χ2n) is 20.3. The van der Waals surface area contributed by atoms with Crippen LogP contribution in [0.1, 0.15) is 6.92 Å². The molecule has 21 aliphatic rings. The van der Waals surface area contributed by atoms with Crippen LogP contribution in [-0.4, -0.2) is 358 Å². The monoisotopic (exact) mass is 1200 g/mol. The van der Waals surface area contributed by atoms with Crippen molar-refractivity contribution in [1.29, 1.82) is 0 Å². The minimum atomic E-state index is -2.20. The van der Waals surface area contributed by atoms with Crippen LogP contribution >= 0.6 is 0 Å². The average Bonchev–Trinajstić information content (AvgIpc) is 3.42. The van der Waals surface area contributed by atoms with Gasteiger partial charge < -0.3 is 176 Å². The minimum Gasteiger partial charge on any atom is -1.00 e. The number of nitrogens with two attached hydrogens (primary N) is 2. The van der Waals surface area contributed by atoms with E-state index in [0.29, 0.717) is 0 Å². The molecule has 0 spiro atoms. The molecule has 21 aliphatic heterocycles. The number of nitrogens with one attached hydrogen (secondary N) is 1. The van der Waals surface area contributed by atoms with E-state index in [1.54, 1.807) is 0 Å². The van der Waals surface area contributed by atoms with Crippen molar-refractivity contribution in [3.63, 3.8) is 0 Å². The van der Waals surface area contributed by atoms with Crippen molar-refractivity contribution in [3.05, 3.63) is 0 Å². The van der Waals surface area contributed by atoms with Gasteiger partial charge in [0.15, 0.2) is 44.0 Å². The van der Waals surface area contributed by atoms with E-state index in [1.807, 2.05) is 0 Å². The Balaban J connectivity index is 0.00000924. The second-order valence-corrected chi connectivity index (χ2v) is 20.3. The third kappa shape index (κ3) is 13.1. The molecule has 0 amide bonds. The zero-order chi connectivity index (χ0) is 57.6. The lowest BCUT2D eigenvalue weighted by atomic mass is 9.95. The summed E-state index contributed by atoms with van der Waals surface area (Å²) in [5.41, 5.74) is 11.2. The third-order valence-corrected chi connectivity index (χ3v) is 15.1. The standard InChI is InChI=1S/C43H73N3O33.ClH/c1-8-29-15(52)22(59)36(66-8)75-31-10(3-47)70-40(26(63)18(31)55)79-35-14(7-51)72-42(28(65)21(35)58)78-34-13(6-50)69-39(25(62)19(34)56)74-30-9(2-46-43(44)45)67-37(23(60)16(30)53)76-32-12(5-49)71-41(27(64)20(32)57)77-33-11(4-48)68-38(73-29)24(61)17(33)54;/h8-42,47-65H,2-7H2,1H3,(H4,44,45,46);1H/t8-,9-,10-,11-,12-,13-,14-,15-,16-,17-,18-,19-,20-,21-,22-,23-,24+,25-,26-,27+,28-,29-,30-,31-,32-,33-,34-,35-,36-,37-,38-,39-,40-,41-,42-;/m1./s1. The molecule has 0 saturated carbocycles. The summed E-state index contributed by atoms with van der Waals surface area (Å²) in [6, 6.07) is 0. The first-order chi connectivity index (χ1) is 37.5. The fraction of sp³-hybridized carbons (Fsp3) is 0.977. The topological polar surface area (TPSA) is 580 Å². The highest BCUT2D eigenvalue weighted by atomic mass is 35.5. The first-order valence-electron chi connectivity index (χ1n) is 25.3. The van der Waals surface area contributed by atoms with Crippen molar-refractivity contribution in [1.82, 2.24) is 0 Å².